The fourth-order valence-electron chi connectivity index (χ4n) is 9.02. The van der Waals surface area contributed by atoms with Crippen LogP contribution in [0.3, 0.4) is 0 Å². The average molecular weight is 324 g/mol. The minimum absolute atomic E-state index is 0.180. The van der Waals surface area contributed by atoms with Gasteiger partial charge in [0.05, 0.1) is 12.7 Å². The number of fused-ring (bicyclic) bond motifs is 3. The van der Waals surface area contributed by atoms with E-state index in [2.05, 4.69) is 32.0 Å². The van der Waals surface area contributed by atoms with Crippen LogP contribution < -0.4 is 4.74 Å². The zero-order valence-electron chi connectivity index (χ0n) is 15.0. The van der Waals surface area contributed by atoms with Crippen molar-refractivity contribution in [3.8, 4) is 5.75 Å². The molecule has 2 nitrogen and oxygen atoms in total. The molecule has 1 spiro atoms. The number of aryl methyl sites for hydroxylation is 1. The molecular formula is C22H28O2. The van der Waals surface area contributed by atoms with Crippen LogP contribution in [0.15, 0.2) is 18.2 Å². The lowest BCUT2D eigenvalue weighted by atomic mass is 9.52. The van der Waals surface area contributed by atoms with Gasteiger partial charge < -0.3 is 9.84 Å². The SMILES string of the molecule is COc1ccc2c(c1)CC[C@@H]1[C@@H]2CC[C@@]2(C)[C@]13C1C[C@@]2(O)C(C)[C@H]13. The molecule has 5 saturated carbocycles. The molecule has 1 aromatic rings. The van der Waals surface area contributed by atoms with Crippen molar-refractivity contribution in [2.75, 3.05) is 7.11 Å². The Balaban J connectivity index is 1.47. The quantitative estimate of drug-likeness (QED) is 0.840. The van der Waals surface area contributed by atoms with Crippen molar-refractivity contribution in [1.82, 2.24) is 0 Å². The van der Waals surface area contributed by atoms with Gasteiger partial charge in [0, 0.05) is 5.41 Å². The molecule has 6 aliphatic carbocycles. The van der Waals surface area contributed by atoms with E-state index in [0.29, 0.717) is 17.3 Å². The molecule has 24 heavy (non-hydrogen) atoms. The van der Waals surface area contributed by atoms with E-state index in [1.807, 2.05) is 0 Å². The van der Waals surface area contributed by atoms with Crippen LogP contribution in [-0.4, -0.2) is 17.8 Å². The van der Waals surface area contributed by atoms with E-state index < -0.39 is 0 Å². The van der Waals surface area contributed by atoms with Crippen LogP contribution in [0.1, 0.15) is 56.6 Å². The predicted molar refractivity (Wildman–Crippen MR) is 93.0 cm³/mol. The maximum absolute atomic E-state index is 11.5. The summed E-state index contributed by atoms with van der Waals surface area (Å²) in [6.45, 7) is 4.80. The highest BCUT2D eigenvalue weighted by atomic mass is 16.5. The van der Waals surface area contributed by atoms with Gasteiger partial charge in [-0.25, -0.2) is 0 Å². The van der Waals surface area contributed by atoms with E-state index >= 15 is 0 Å². The van der Waals surface area contributed by atoms with Crippen LogP contribution in [0.5, 0.6) is 5.75 Å². The lowest BCUT2D eigenvalue weighted by Gasteiger charge is -2.53. The molecule has 0 radical (unpaired) electrons. The lowest BCUT2D eigenvalue weighted by molar-refractivity contribution is -0.108. The van der Waals surface area contributed by atoms with E-state index in [1.165, 1.54) is 31.2 Å². The summed E-state index contributed by atoms with van der Waals surface area (Å²) in [4.78, 5) is 0. The molecule has 4 bridgehead atoms. The molecule has 1 N–H and O–H groups in total. The molecule has 0 heterocycles. The summed E-state index contributed by atoms with van der Waals surface area (Å²) in [5.74, 6) is 4.65. The summed E-state index contributed by atoms with van der Waals surface area (Å²) in [5.41, 5.74) is 3.39. The van der Waals surface area contributed by atoms with Crippen LogP contribution >= 0.6 is 0 Å². The third-order valence-corrected chi connectivity index (χ3v) is 9.75. The Morgan fingerprint density at radius 3 is 2.75 bits per heavy atom. The van der Waals surface area contributed by atoms with Crippen LogP contribution in [0.2, 0.25) is 0 Å². The lowest BCUT2D eigenvalue weighted by Crippen LogP contribution is -2.51. The first kappa shape index (κ1) is 14.2. The summed E-state index contributed by atoms with van der Waals surface area (Å²) in [6, 6.07) is 6.77. The third-order valence-electron chi connectivity index (χ3n) is 9.75. The molecule has 0 aromatic heterocycles. The number of ether oxygens (including phenoxy) is 1. The fourth-order valence-corrected chi connectivity index (χ4v) is 9.02. The van der Waals surface area contributed by atoms with Gasteiger partial charge in [-0.2, -0.15) is 0 Å². The topological polar surface area (TPSA) is 29.5 Å². The number of benzene rings is 1. The van der Waals surface area contributed by atoms with Crippen LogP contribution in [0.4, 0.5) is 0 Å². The first-order valence-corrected chi connectivity index (χ1v) is 9.88. The van der Waals surface area contributed by atoms with Crippen LogP contribution in [-0.2, 0) is 6.42 Å². The maximum Gasteiger partial charge on any atom is 0.119 e. The van der Waals surface area contributed by atoms with E-state index in [1.54, 1.807) is 12.7 Å². The van der Waals surface area contributed by atoms with Gasteiger partial charge in [-0.3, -0.25) is 0 Å². The van der Waals surface area contributed by atoms with Crippen molar-refractivity contribution in [3.63, 3.8) is 0 Å². The van der Waals surface area contributed by atoms with Gasteiger partial charge in [0.1, 0.15) is 5.75 Å². The molecule has 8 atom stereocenters. The Kier molecular flexibility index (Phi) is 2.29. The van der Waals surface area contributed by atoms with Crippen LogP contribution in [0, 0.1) is 34.5 Å². The first-order valence-electron chi connectivity index (χ1n) is 9.88. The van der Waals surface area contributed by atoms with E-state index in [0.717, 1.165) is 29.9 Å². The fraction of sp³-hybridized carbons (Fsp3) is 0.727. The molecule has 7 rings (SSSR count). The van der Waals surface area contributed by atoms with Crippen molar-refractivity contribution in [3.05, 3.63) is 29.3 Å². The highest BCUT2D eigenvalue weighted by Gasteiger charge is 2.93. The molecule has 1 aromatic carbocycles. The van der Waals surface area contributed by atoms with Gasteiger partial charge in [0.2, 0.25) is 0 Å². The minimum atomic E-state index is -0.368. The van der Waals surface area contributed by atoms with Gasteiger partial charge in [0.15, 0.2) is 0 Å². The average Bonchev–Trinajstić information content (AvgIpc) is 3.00. The Morgan fingerprint density at radius 1 is 1.21 bits per heavy atom. The van der Waals surface area contributed by atoms with Crippen molar-refractivity contribution in [2.24, 2.45) is 34.5 Å². The van der Waals surface area contributed by atoms with Gasteiger partial charge in [-0.05, 0) is 90.4 Å². The second-order valence-corrected chi connectivity index (χ2v) is 9.67. The Hall–Kier alpha value is -1.02. The molecular weight excluding hydrogens is 296 g/mol. The molecule has 128 valence electrons. The summed E-state index contributed by atoms with van der Waals surface area (Å²) in [6.07, 6.45) is 6.08. The molecule has 6 aliphatic rings. The summed E-state index contributed by atoms with van der Waals surface area (Å²) >= 11 is 0. The maximum atomic E-state index is 11.5. The number of hydrogen-bond donors (Lipinski definition) is 1. The summed E-state index contributed by atoms with van der Waals surface area (Å²) in [5, 5.41) is 11.5. The zero-order chi connectivity index (χ0) is 16.5. The van der Waals surface area contributed by atoms with Crippen molar-refractivity contribution in [2.45, 2.75) is 57.5 Å². The number of aliphatic hydroxyl groups is 1. The Morgan fingerprint density at radius 2 is 2.04 bits per heavy atom. The normalized spacial score (nSPS) is 55.6. The van der Waals surface area contributed by atoms with E-state index in [4.69, 9.17) is 4.74 Å². The van der Waals surface area contributed by atoms with Gasteiger partial charge in [0.25, 0.3) is 0 Å². The van der Waals surface area contributed by atoms with Crippen molar-refractivity contribution in [1.29, 1.82) is 0 Å². The zero-order valence-corrected chi connectivity index (χ0v) is 15.0. The standard InChI is InChI=1S/C22H28O2/c1-12-19-18-11-21(12,23)20(2)9-8-16-15-6-5-14(24-3)10-13(15)4-7-17(16)22(18,19)20/h5-6,10,12,16-19,23H,4,7-9,11H2,1-3H3/t12?,16-,17-,18?,19-,20-,21-,22+/m1/s1. The van der Waals surface area contributed by atoms with Crippen LogP contribution in [0.25, 0.3) is 0 Å². The largest absolute Gasteiger partial charge is 0.497 e. The first-order chi connectivity index (χ1) is 11.5. The number of rotatable bonds is 1. The van der Waals surface area contributed by atoms with Gasteiger partial charge in [-0.15, -0.1) is 0 Å². The van der Waals surface area contributed by atoms with Crippen molar-refractivity contribution < 1.29 is 9.84 Å². The molecule has 0 aliphatic heterocycles. The molecule has 5 fully saturated rings. The highest BCUT2D eigenvalue weighted by molar-refractivity contribution is 5.47. The Labute approximate surface area is 144 Å². The third kappa shape index (κ3) is 1.13. The second kappa shape index (κ2) is 3.87. The predicted octanol–water partition coefficient (Wildman–Crippen LogP) is 4.16. The molecule has 2 unspecified atom stereocenters. The van der Waals surface area contributed by atoms with E-state index in [9.17, 15) is 5.11 Å². The highest BCUT2D eigenvalue weighted by Crippen LogP contribution is 2.94. The Bertz CT molecular complexity index is 756. The number of hydrogen-bond acceptors (Lipinski definition) is 2. The molecule has 0 saturated heterocycles. The molecule has 2 heteroatoms. The molecule has 0 amide bonds. The summed E-state index contributed by atoms with van der Waals surface area (Å²) < 4.78 is 5.45. The monoisotopic (exact) mass is 324 g/mol. The smallest absolute Gasteiger partial charge is 0.119 e. The summed E-state index contributed by atoms with van der Waals surface area (Å²) in [7, 11) is 1.76. The van der Waals surface area contributed by atoms with E-state index in [-0.39, 0.29) is 11.0 Å². The van der Waals surface area contributed by atoms with Crippen molar-refractivity contribution >= 4 is 0 Å². The van der Waals surface area contributed by atoms with Gasteiger partial charge in [-0.1, -0.05) is 19.9 Å². The number of methoxy groups -OCH3 is 1. The van der Waals surface area contributed by atoms with Gasteiger partial charge >= 0.3 is 0 Å². The minimum Gasteiger partial charge on any atom is -0.497 e. The second-order valence-electron chi connectivity index (χ2n) is 9.67.